The summed E-state index contributed by atoms with van der Waals surface area (Å²) in [4.78, 5) is 23.0. The number of hydrogen-bond acceptors (Lipinski definition) is 5. The van der Waals surface area contributed by atoms with E-state index < -0.39 is 41.3 Å². The Morgan fingerprint density at radius 1 is 1.32 bits per heavy atom. The van der Waals surface area contributed by atoms with Crippen LogP contribution in [-0.2, 0) is 17.4 Å². The van der Waals surface area contributed by atoms with Crippen molar-refractivity contribution in [2.75, 3.05) is 10.6 Å². The molecule has 1 aromatic heterocycles. The molecule has 28 heavy (non-hydrogen) atoms. The van der Waals surface area contributed by atoms with Gasteiger partial charge >= 0.3 is 12.3 Å². The van der Waals surface area contributed by atoms with Crippen LogP contribution in [0.2, 0.25) is 0 Å². The fourth-order valence-electron chi connectivity index (χ4n) is 2.31. The van der Waals surface area contributed by atoms with Gasteiger partial charge in [0.1, 0.15) is 5.60 Å². The van der Waals surface area contributed by atoms with Crippen molar-refractivity contribution in [1.82, 2.24) is 10.2 Å². The van der Waals surface area contributed by atoms with Crippen LogP contribution in [0, 0.1) is 11.3 Å². The molecule has 12 heteroatoms. The van der Waals surface area contributed by atoms with Crippen LogP contribution in [0.15, 0.2) is 24.4 Å². The van der Waals surface area contributed by atoms with Crippen molar-refractivity contribution in [1.29, 1.82) is 5.26 Å². The summed E-state index contributed by atoms with van der Waals surface area (Å²) in [5.41, 5.74) is -4.12. The summed E-state index contributed by atoms with van der Waals surface area (Å²) in [6.45, 7) is 1.10. The summed E-state index contributed by atoms with van der Waals surface area (Å²) in [7, 11) is 0. The van der Waals surface area contributed by atoms with Crippen LogP contribution in [0.25, 0.3) is 0 Å². The van der Waals surface area contributed by atoms with Crippen molar-refractivity contribution < 1.29 is 33.0 Å². The SMILES string of the molecule is C[C@@](O)(Cc1[nH]ncc1NC(=O)O)C(=O)Nc1ccc(C#N)c(C(F)(F)F)c1. The summed E-state index contributed by atoms with van der Waals surface area (Å²) in [5, 5.41) is 38.1. The summed E-state index contributed by atoms with van der Waals surface area (Å²) in [5.74, 6) is -1.04. The highest BCUT2D eigenvalue weighted by atomic mass is 19.4. The molecule has 0 aliphatic rings. The molecule has 148 valence electrons. The lowest BCUT2D eigenvalue weighted by atomic mass is 9.98. The number of carbonyl (C=O) groups is 2. The zero-order valence-electron chi connectivity index (χ0n) is 14.3. The van der Waals surface area contributed by atoms with Crippen LogP contribution < -0.4 is 10.6 Å². The molecular weight excluding hydrogens is 383 g/mol. The Balaban J connectivity index is 2.21. The van der Waals surface area contributed by atoms with Crippen LogP contribution in [0.4, 0.5) is 29.3 Å². The van der Waals surface area contributed by atoms with Crippen LogP contribution in [0.1, 0.15) is 23.7 Å². The van der Waals surface area contributed by atoms with E-state index in [1.165, 1.54) is 6.07 Å². The maximum atomic E-state index is 13.0. The minimum Gasteiger partial charge on any atom is -0.465 e. The maximum Gasteiger partial charge on any atom is 0.417 e. The number of nitriles is 1. The topological polar surface area (TPSA) is 151 Å². The minimum absolute atomic E-state index is 0.0123. The molecule has 9 nitrogen and oxygen atoms in total. The Kier molecular flexibility index (Phi) is 5.60. The lowest BCUT2D eigenvalue weighted by molar-refractivity contribution is -0.138. The second-order valence-electron chi connectivity index (χ2n) is 5.97. The first-order valence-corrected chi connectivity index (χ1v) is 7.61. The number of aliphatic hydroxyl groups is 1. The number of carboxylic acid groups (broad SMARTS) is 1. The molecule has 0 radical (unpaired) electrons. The Morgan fingerprint density at radius 3 is 2.57 bits per heavy atom. The summed E-state index contributed by atoms with van der Waals surface area (Å²) in [6, 6.07) is 3.99. The first kappa shape index (κ1) is 20.7. The molecule has 5 N–H and O–H groups in total. The summed E-state index contributed by atoms with van der Waals surface area (Å²) < 4.78 is 39.0. The van der Waals surface area contributed by atoms with Gasteiger partial charge in [-0.3, -0.25) is 15.2 Å². The van der Waals surface area contributed by atoms with Gasteiger partial charge in [0.05, 0.1) is 34.8 Å². The van der Waals surface area contributed by atoms with E-state index in [1.54, 1.807) is 0 Å². The van der Waals surface area contributed by atoms with Crippen LogP contribution in [-0.4, -0.2) is 38.0 Å². The third-order valence-electron chi connectivity index (χ3n) is 3.67. The van der Waals surface area contributed by atoms with Gasteiger partial charge in [0.15, 0.2) is 0 Å². The Morgan fingerprint density at radius 2 is 2.00 bits per heavy atom. The number of nitrogens with one attached hydrogen (secondary N) is 3. The zero-order chi connectivity index (χ0) is 21.1. The first-order valence-electron chi connectivity index (χ1n) is 7.61. The number of aromatic amines is 1. The number of benzene rings is 1. The molecule has 1 atom stereocenters. The standard InChI is InChI=1S/C16H14F3N5O4/c1-15(28,5-11-12(7-21-24-11)23-14(26)27)13(25)22-9-3-2-8(6-20)10(4-9)16(17,18)19/h2-4,7,23,28H,5H2,1H3,(H,21,24)(H,22,25)(H,26,27)/t15-/m1/s1. The van der Waals surface area contributed by atoms with Crippen LogP contribution >= 0.6 is 0 Å². The Bertz CT molecular complexity index is 946. The van der Waals surface area contributed by atoms with E-state index in [0.29, 0.717) is 6.07 Å². The molecule has 0 unspecified atom stereocenters. The number of anilines is 2. The number of alkyl halides is 3. The fraction of sp³-hybridized carbons (Fsp3) is 0.250. The molecule has 1 heterocycles. The van der Waals surface area contributed by atoms with Gasteiger partial charge in [0, 0.05) is 12.1 Å². The molecule has 0 aliphatic carbocycles. The van der Waals surface area contributed by atoms with E-state index in [0.717, 1.165) is 25.3 Å². The lowest BCUT2D eigenvalue weighted by Crippen LogP contribution is -2.42. The average molecular weight is 397 g/mol. The maximum absolute atomic E-state index is 13.0. The molecule has 2 amide bonds. The van der Waals surface area contributed by atoms with Crippen molar-refractivity contribution >= 4 is 23.4 Å². The number of hydrogen-bond donors (Lipinski definition) is 5. The Hall–Kier alpha value is -3.59. The first-order chi connectivity index (χ1) is 12.9. The van der Waals surface area contributed by atoms with Crippen molar-refractivity contribution in [2.45, 2.75) is 25.1 Å². The highest BCUT2D eigenvalue weighted by molar-refractivity contribution is 5.97. The monoisotopic (exact) mass is 397 g/mol. The predicted molar refractivity (Wildman–Crippen MR) is 89.4 cm³/mol. The van der Waals surface area contributed by atoms with Gasteiger partial charge in [0.2, 0.25) is 0 Å². The molecule has 0 bridgehead atoms. The number of H-pyrrole nitrogens is 1. The average Bonchev–Trinajstić information content (AvgIpc) is 2.99. The van der Waals surface area contributed by atoms with E-state index in [1.807, 2.05) is 5.32 Å². The van der Waals surface area contributed by atoms with Crippen molar-refractivity contribution in [3.05, 3.63) is 41.2 Å². The smallest absolute Gasteiger partial charge is 0.417 e. The second-order valence-corrected chi connectivity index (χ2v) is 5.97. The number of carbonyl (C=O) groups excluding carboxylic acids is 1. The molecule has 0 fully saturated rings. The highest BCUT2D eigenvalue weighted by Gasteiger charge is 2.35. The molecule has 0 saturated heterocycles. The largest absolute Gasteiger partial charge is 0.465 e. The van der Waals surface area contributed by atoms with Crippen LogP contribution in [0.3, 0.4) is 0 Å². The number of rotatable bonds is 5. The predicted octanol–water partition coefficient (Wildman–Crippen LogP) is 2.32. The number of nitrogens with zero attached hydrogens (tertiary/aromatic N) is 2. The summed E-state index contributed by atoms with van der Waals surface area (Å²) >= 11 is 0. The van der Waals surface area contributed by atoms with Gasteiger partial charge in [0.25, 0.3) is 5.91 Å². The zero-order valence-corrected chi connectivity index (χ0v) is 14.3. The quantitative estimate of drug-likeness (QED) is 0.522. The molecular formula is C16H14F3N5O4. The van der Waals surface area contributed by atoms with E-state index in [2.05, 4.69) is 15.5 Å². The lowest BCUT2D eigenvalue weighted by Gasteiger charge is -2.22. The van der Waals surface area contributed by atoms with Gasteiger partial charge < -0.3 is 15.5 Å². The van der Waals surface area contributed by atoms with Crippen LogP contribution in [0.5, 0.6) is 0 Å². The van der Waals surface area contributed by atoms with E-state index >= 15 is 0 Å². The third-order valence-corrected chi connectivity index (χ3v) is 3.67. The number of halogens is 3. The number of amides is 2. The van der Waals surface area contributed by atoms with E-state index in [9.17, 15) is 27.9 Å². The fourth-order valence-corrected chi connectivity index (χ4v) is 2.31. The van der Waals surface area contributed by atoms with Gasteiger partial charge in [-0.2, -0.15) is 23.5 Å². The molecule has 0 spiro atoms. The molecule has 2 rings (SSSR count). The number of aromatic nitrogens is 2. The highest BCUT2D eigenvalue weighted by Crippen LogP contribution is 2.33. The summed E-state index contributed by atoms with van der Waals surface area (Å²) in [6.07, 6.45) is -5.46. The third kappa shape index (κ3) is 4.77. The molecule has 0 aliphatic heterocycles. The minimum atomic E-state index is -4.80. The van der Waals surface area contributed by atoms with E-state index in [-0.39, 0.29) is 17.1 Å². The molecule has 0 saturated carbocycles. The molecule has 2 aromatic rings. The second kappa shape index (κ2) is 7.57. The van der Waals surface area contributed by atoms with Gasteiger partial charge in [-0.1, -0.05) is 0 Å². The van der Waals surface area contributed by atoms with Crippen molar-refractivity contribution in [3.8, 4) is 6.07 Å². The van der Waals surface area contributed by atoms with Gasteiger partial charge in [-0.05, 0) is 25.1 Å². The normalized spacial score (nSPS) is 13.3. The van der Waals surface area contributed by atoms with Gasteiger partial charge in [-0.15, -0.1) is 0 Å². The van der Waals surface area contributed by atoms with E-state index in [4.69, 9.17) is 10.4 Å². The van der Waals surface area contributed by atoms with Gasteiger partial charge in [-0.25, -0.2) is 4.79 Å². The molecule has 1 aromatic carbocycles. The van der Waals surface area contributed by atoms with Crippen molar-refractivity contribution in [2.24, 2.45) is 0 Å². The Labute approximate surface area is 155 Å². The van der Waals surface area contributed by atoms with Crippen molar-refractivity contribution in [3.63, 3.8) is 0 Å².